The third-order valence-electron chi connectivity index (χ3n) is 5.21. The van der Waals surface area contributed by atoms with Crippen molar-refractivity contribution >= 4 is 28.9 Å². The second-order valence-corrected chi connectivity index (χ2v) is 7.78. The number of nitrogens with one attached hydrogen (secondary N) is 2. The summed E-state index contributed by atoms with van der Waals surface area (Å²) < 4.78 is 12.8. The fourth-order valence-electron chi connectivity index (χ4n) is 3.39. The molecule has 0 aliphatic rings. The van der Waals surface area contributed by atoms with Crippen LogP contribution in [0.15, 0.2) is 71.3 Å². The van der Waals surface area contributed by atoms with Crippen molar-refractivity contribution in [3.8, 4) is 5.75 Å². The summed E-state index contributed by atoms with van der Waals surface area (Å²) in [6.45, 7) is 4.01. The van der Waals surface area contributed by atoms with E-state index in [1.54, 1.807) is 54.2 Å². The molecule has 0 unspecified atom stereocenters. The third kappa shape index (κ3) is 5.58. The van der Waals surface area contributed by atoms with E-state index in [9.17, 15) is 19.7 Å². The maximum atomic E-state index is 12.8. The summed E-state index contributed by atoms with van der Waals surface area (Å²) in [6, 6.07) is 16.4. The van der Waals surface area contributed by atoms with Crippen molar-refractivity contribution in [3.05, 3.63) is 99.8 Å². The first kappa shape index (κ1) is 24.2. The predicted octanol–water partition coefficient (Wildman–Crippen LogP) is 4.80. The van der Waals surface area contributed by atoms with Crippen LogP contribution in [0.1, 0.15) is 39.3 Å². The van der Waals surface area contributed by atoms with Crippen LogP contribution in [0, 0.1) is 17.0 Å². The lowest BCUT2D eigenvalue weighted by molar-refractivity contribution is -0.385. The summed E-state index contributed by atoms with van der Waals surface area (Å²) in [4.78, 5) is 36.1. The molecule has 2 aromatic carbocycles. The van der Waals surface area contributed by atoms with E-state index in [4.69, 9.17) is 9.15 Å². The van der Waals surface area contributed by atoms with E-state index in [0.717, 1.165) is 0 Å². The van der Waals surface area contributed by atoms with E-state index in [2.05, 4.69) is 15.7 Å². The van der Waals surface area contributed by atoms with E-state index in [0.29, 0.717) is 29.3 Å². The normalized spacial score (nSPS) is 10.6. The quantitative estimate of drug-likeness (QED) is 0.254. The number of hydrogen-bond acceptors (Lipinski definition) is 7. The van der Waals surface area contributed by atoms with Gasteiger partial charge in [0.1, 0.15) is 18.1 Å². The summed E-state index contributed by atoms with van der Waals surface area (Å²) >= 11 is 0. The molecule has 4 rings (SSSR count). The molecule has 0 aliphatic heterocycles. The lowest BCUT2D eigenvalue weighted by Crippen LogP contribution is -2.17. The van der Waals surface area contributed by atoms with Crippen LogP contribution >= 0.6 is 0 Å². The molecular weight excluding hydrogens is 466 g/mol. The summed E-state index contributed by atoms with van der Waals surface area (Å²) in [5.74, 6) is -0.191. The number of nitro benzene ring substituents is 1. The van der Waals surface area contributed by atoms with Crippen molar-refractivity contribution in [2.24, 2.45) is 0 Å². The largest absolute Gasteiger partial charge is 0.486 e. The van der Waals surface area contributed by atoms with Crippen LogP contribution in [0.4, 0.5) is 17.1 Å². The number of para-hydroxylation sites is 1. The van der Waals surface area contributed by atoms with Gasteiger partial charge in [0, 0.05) is 30.1 Å². The van der Waals surface area contributed by atoms with Crippen LogP contribution in [0.5, 0.6) is 5.75 Å². The summed E-state index contributed by atoms with van der Waals surface area (Å²) in [7, 11) is 0. The Hall–Kier alpha value is -4.93. The number of aromatic nitrogens is 2. The number of aryl methyl sites for hydroxylation is 2. The third-order valence-corrected chi connectivity index (χ3v) is 5.21. The molecule has 0 atom stereocenters. The SMILES string of the molecule is CCn1cc(NC(=O)c2ccc(COc3ccc([N+](=O)[O-])c(C)c3)o2)c(C(=O)Nc2ccccc2)n1. The Morgan fingerprint density at radius 1 is 1.08 bits per heavy atom. The van der Waals surface area contributed by atoms with Gasteiger partial charge in [-0.1, -0.05) is 18.2 Å². The first-order valence-corrected chi connectivity index (χ1v) is 11.1. The molecule has 0 fully saturated rings. The first-order chi connectivity index (χ1) is 17.3. The molecule has 2 heterocycles. The molecule has 2 N–H and O–H groups in total. The molecule has 36 heavy (non-hydrogen) atoms. The number of carbonyl (C=O) groups excluding carboxylic acids is 2. The highest BCUT2D eigenvalue weighted by molar-refractivity contribution is 6.10. The fourth-order valence-corrected chi connectivity index (χ4v) is 3.39. The van der Waals surface area contributed by atoms with E-state index in [1.165, 1.54) is 18.2 Å². The van der Waals surface area contributed by atoms with E-state index in [1.807, 2.05) is 13.0 Å². The number of ether oxygens (including phenoxy) is 1. The molecule has 4 aromatic rings. The van der Waals surface area contributed by atoms with Crippen LogP contribution in [-0.2, 0) is 13.2 Å². The van der Waals surface area contributed by atoms with Gasteiger partial charge in [0.15, 0.2) is 11.5 Å². The van der Waals surface area contributed by atoms with Gasteiger partial charge in [-0.15, -0.1) is 0 Å². The van der Waals surface area contributed by atoms with Gasteiger partial charge in [-0.05, 0) is 50.2 Å². The van der Waals surface area contributed by atoms with Crippen LogP contribution < -0.4 is 15.4 Å². The van der Waals surface area contributed by atoms with Crippen molar-refractivity contribution < 1.29 is 23.7 Å². The van der Waals surface area contributed by atoms with Gasteiger partial charge >= 0.3 is 0 Å². The highest BCUT2D eigenvalue weighted by atomic mass is 16.6. The Bertz CT molecular complexity index is 1410. The number of nitrogens with zero attached hydrogens (tertiary/aromatic N) is 3. The lowest BCUT2D eigenvalue weighted by atomic mass is 10.2. The Morgan fingerprint density at radius 3 is 2.56 bits per heavy atom. The zero-order chi connectivity index (χ0) is 25.7. The van der Waals surface area contributed by atoms with E-state index in [-0.39, 0.29) is 29.4 Å². The summed E-state index contributed by atoms with van der Waals surface area (Å²) in [5, 5.41) is 20.6. The molecule has 0 spiro atoms. The number of benzene rings is 2. The molecule has 184 valence electrons. The maximum absolute atomic E-state index is 12.8. The van der Waals surface area contributed by atoms with Crippen molar-refractivity contribution in [2.45, 2.75) is 27.0 Å². The zero-order valence-electron chi connectivity index (χ0n) is 19.6. The minimum absolute atomic E-state index is 0.00233. The number of rotatable bonds is 9. The highest BCUT2D eigenvalue weighted by Gasteiger charge is 2.21. The van der Waals surface area contributed by atoms with Crippen molar-refractivity contribution in [1.82, 2.24) is 9.78 Å². The van der Waals surface area contributed by atoms with Gasteiger partial charge in [0.2, 0.25) is 0 Å². The van der Waals surface area contributed by atoms with Gasteiger partial charge in [-0.25, -0.2) is 0 Å². The van der Waals surface area contributed by atoms with Gasteiger partial charge in [0.05, 0.1) is 10.6 Å². The highest BCUT2D eigenvalue weighted by Crippen LogP contribution is 2.24. The molecule has 11 nitrogen and oxygen atoms in total. The smallest absolute Gasteiger partial charge is 0.291 e. The number of carbonyl (C=O) groups is 2. The van der Waals surface area contributed by atoms with E-state index < -0.39 is 16.7 Å². The number of amides is 2. The minimum Gasteiger partial charge on any atom is -0.486 e. The minimum atomic E-state index is -0.558. The summed E-state index contributed by atoms with van der Waals surface area (Å²) in [6.07, 6.45) is 1.57. The second-order valence-electron chi connectivity index (χ2n) is 7.78. The van der Waals surface area contributed by atoms with Crippen LogP contribution in [0.3, 0.4) is 0 Å². The topological polar surface area (TPSA) is 142 Å². The zero-order valence-corrected chi connectivity index (χ0v) is 19.6. The fraction of sp³-hybridized carbons (Fsp3) is 0.160. The molecule has 0 radical (unpaired) electrons. The molecule has 0 aliphatic carbocycles. The van der Waals surface area contributed by atoms with Gasteiger partial charge in [-0.3, -0.25) is 24.4 Å². The number of nitro groups is 1. The number of anilines is 2. The molecule has 0 saturated heterocycles. The van der Waals surface area contributed by atoms with Crippen LogP contribution in [-0.4, -0.2) is 26.5 Å². The molecular formula is C25H23N5O6. The standard InChI is InChI=1S/C25H23N5O6/c1-3-29-14-20(23(28-29)25(32)26-17-7-5-4-6-8-17)27-24(31)22-12-10-19(36-22)15-35-18-9-11-21(30(33)34)16(2)13-18/h4-14H,3,15H2,1-2H3,(H,26,32)(H,27,31). The number of furan rings is 1. The van der Waals surface area contributed by atoms with Gasteiger partial charge < -0.3 is 19.8 Å². The summed E-state index contributed by atoms with van der Waals surface area (Å²) in [5.41, 5.74) is 1.38. The molecule has 2 amide bonds. The lowest BCUT2D eigenvalue weighted by Gasteiger charge is -2.06. The predicted molar refractivity (Wildman–Crippen MR) is 131 cm³/mol. The Balaban J connectivity index is 1.42. The second kappa shape index (κ2) is 10.6. The van der Waals surface area contributed by atoms with Crippen LogP contribution in [0.2, 0.25) is 0 Å². The average molecular weight is 489 g/mol. The van der Waals surface area contributed by atoms with Crippen molar-refractivity contribution in [3.63, 3.8) is 0 Å². The van der Waals surface area contributed by atoms with Crippen LogP contribution in [0.25, 0.3) is 0 Å². The first-order valence-electron chi connectivity index (χ1n) is 11.1. The molecule has 2 aromatic heterocycles. The monoisotopic (exact) mass is 489 g/mol. The Morgan fingerprint density at radius 2 is 1.86 bits per heavy atom. The van der Waals surface area contributed by atoms with Gasteiger partial charge in [0.25, 0.3) is 17.5 Å². The maximum Gasteiger partial charge on any atom is 0.291 e. The van der Waals surface area contributed by atoms with Gasteiger partial charge in [-0.2, -0.15) is 5.10 Å². The Kier molecular flexibility index (Phi) is 7.10. The molecule has 0 saturated carbocycles. The molecule has 11 heteroatoms. The van der Waals surface area contributed by atoms with Crippen molar-refractivity contribution in [1.29, 1.82) is 0 Å². The Labute approximate surface area is 205 Å². The van der Waals surface area contributed by atoms with Crippen molar-refractivity contribution in [2.75, 3.05) is 10.6 Å². The molecule has 0 bridgehead atoms. The average Bonchev–Trinajstić information content (AvgIpc) is 3.50. The number of hydrogen-bond donors (Lipinski definition) is 2. The van der Waals surface area contributed by atoms with E-state index >= 15 is 0 Å².